The molecule has 0 aromatic heterocycles. The fourth-order valence-electron chi connectivity index (χ4n) is 5.05. The van der Waals surface area contributed by atoms with Gasteiger partial charge in [0.05, 0.1) is 0 Å². The van der Waals surface area contributed by atoms with Gasteiger partial charge in [-0.05, 0) is 81.4 Å². The second-order valence-corrected chi connectivity index (χ2v) is 11.1. The number of benzene rings is 1. The van der Waals surface area contributed by atoms with E-state index in [4.69, 9.17) is 4.74 Å². The van der Waals surface area contributed by atoms with Crippen LogP contribution in [0.2, 0.25) is 0 Å². The van der Waals surface area contributed by atoms with E-state index in [1.165, 1.54) is 56.9 Å². The van der Waals surface area contributed by atoms with E-state index < -0.39 is 0 Å². The van der Waals surface area contributed by atoms with Crippen molar-refractivity contribution in [1.29, 1.82) is 0 Å². The van der Waals surface area contributed by atoms with Gasteiger partial charge in [-0.3, -0.25) is 0 Å². The van der Waals surface area contributed by atoms with Gasteiger partial charge in [0.25, 0.3) is 0 Å². The summed E-state index contributed by atoms with van der Waals surface area (Å²) < 4.78 is 6.52. The van der Waals surface area contributed by atoms with Crippen molar-refractivity contribution in [2.45, 2.75) is 125 Å². The second kappa shape index (κ2) is 11.4. The molecule has 1 heterocycles. The van der Waals surface area contributed by atoms with Crippen LogP contribution >= 0.6 is 0 Å². The van der Waals surface area contributed by atoms with E-state index in [9.17, 15) is 5.11 Å². The molecule has 3 atom stereocenters. The van der Waals surface area contributed by atoms with Crippen molar-refractivity contribution in [3.05, 3.63) is 22.8 Å². The lowest BCUT2D eigenvalue weighted by Gasteiger charge is -2.37. The van der Waals surface area contributed by atoms with Gasteiger partial charge in [-0.2, -0.15) is 0 Å². The molecule has 2 heteroatoms. The molecule has 1 aliphatic heterocycles. The molecule has 0 saturated heterocycles. The largest absolute Gasteiger partial charge is 0.508 e. The van der Waals surface area contributed by atoms with Crippen LogP contribution in [-0.4, -0.2) is 10.7 Å². The van der Waals surface area contributed by atoms with Crippen molar-refractivity contribution < 1.29 is 9.84 Å². The number of aryl methyl sites for hydroxylation is 1. The van der Waals surface area contributed by atoms with Gasteiger partial charge < -0.3 is 9.84 Å². The summed E-state index contributed by atoms with van der Waals surface area (Å²) in [5.74, 6) is 3.98. The van der Waals surface area contributed by atoms with E-state index in [2.05, 4.69) is 41.5 Å². The molecule has 1 aromatic carbocycles. The Balaban J connectivity index is 1.69. The molecule has 0 spiro atoms. The van der Waals surface area contributed by atoms with Crippen LogP contribution in [0.5, 0.6) is 11.5 Å². The molecule has 0 radical (unpaired) electrons. The highest BCUT2D eigenvalue weighted by atomic mass is 16.5. The molecule has 0 bridgehead atoms. The lowest BCUT2D eigenvalue weighted by molar-refractivity contribution is 0.0512. The monoisotopic (exact) mass is 416 g/mol. The smallest absolute Gasteiger partial charge is 0.126 e. The van der Waals surface area contributed by atoms with Crippen molar-refractivity contribution in [2.24, 2.45) is 17.8 Å². The van der Waals surface area contributed by atoms with Crippen molar-refractivity contribution in [3.8, 4) is 11.5 Å². The first-order valence-electron chi connectivity index (χ1n) is 12.6. The van der Waals surface area contributed by atoms with E-state index in [1.54, 1.807) is 0 Å². The predicted molar refractivity (Wildman–Crippen MR) is 130 cm³/mol. The fourth-order valence-corrected chi connectivity index (χ4v) is 5.05. The summed E-state index contributed by atoms with van der Waals surface area (Å²) in [5, 5.41) is 10.1. The molecule has 1 aliphatic rings. The van der Waals surface area contributed by atoms with Gasteiger partial charge in [0.15, 0.2) is 0 Å². The summed E-state index contributed by atoms with van der Waals surface area (Å²) in [6.07, 6.45) is 14.1. The van der Waals surface area contributed by atoms with E-state index in [1.807, 2.05) is 13.0 Å². The average Bonchev–Trinajstić information content (AvgIpc) is 2.66. The molecular weight excluding hydrogens is 368 g/mol. The SMILES string of the molecule is Cc1cc(O)c(C)c2c1O[C@](C)(CCC[C@H](C)CCCC(C)CCCC(C)C)CC2. The van der Waals surface area contributed by atoms with Gasteiger partial charge in [0.1, 0.15) is 17.1 Å². The van der Waals surface area contributed by atoms with Gasteiger partial charge in [0, 0.05) is 5.56 Å². The van der Waals surface area contributed by atoms with Gasteiger partial charge in [-0.1, -0.05) is 72.6 Å². The maximum Gasteiger partial charge on any atom is 0.126 e. The Labute approximate surface area is 186 Å². The minimum Gasteiger partial charge on any atom is -0.508 e. The molecule has 1 aromatic rings. The molecule has 30 heavy (non-hydrogen) atoms. The van der Waals surface area contributed by atoms with Crippen LogP contribution < -0.4 is 4.74 Å². The van der Waals surface area contributed by atoms with Crippen LogP contribution in [0.15, 0.2) is 6.07 Å². The Morgan fingerprint density at radius 1 is 0.933 bits per heavy atom. The number of hydrogen-bond donors (Lipinski definition) is 1. The highest BCUT2D eigenvalue weighted by molar-refractivity contribution is 5.53. The molecule has 2 nitrogen and oxygen atoms in total. The highest BCUT2D eigenvalue weighted by Gasteiger charge is 2.33. The van der Waals surface area contributed by atoms with Crippen LogP contribution in [-0.2, 0) is 6.42 Å². The van der Waals surface area contributed by atoms with Crippen LogP contribution in [0.25, 0.3) is 0 Å². The normalized spacial score (nSPS) is 20.7. The van der Waals surface area contributed by atoms with Crippen LogP contribution in [0, 0.1) is 31.6 Å². The standard InChI is InChI=1S/C28H48O2/c1-20(2)11-8-12-21(3)13-9-14-22(4)15-10-17-28(7)18-16-25-24(6)26(29)19-23(5)27(25)30-28/h19-22,29H,8-18H2,1-7H3/t21?,22-,28-/m1/s1. The lowest BCUT2D eigenvalue weighted by Crippen LogP contribution is -2.37. The van der Waals surface area contributed by atoms with Gasteiger partial charge in [-0.25, -0.2) is 0 Å². The number of aromatic hydroxyl groups is 1. The van der Waals surface area contributed by atoms with Crippen molar-refractivity contribution >= 4 is 0 Å². The first-order chi connectivity index (χ1) is 14.1. The molecule has 2 rings (SSSR count). The predicted octanol–water partition coefficient (Wildman–Crippen LogP) is 8.53. The van der Waals surface area contributed by atoms with Crippen LogP contribution in [0.4, 0.5) is 0 Å². The summed E-state index contributed by atoms with van der Waals surface area (Å²) >= 11 is 0. The maximum atomic E-state index is 10.1. The zero-order valence-electron chi connectivity index (χ0n) is 20.9. The molecule has 1 unspecified atom stereocenters. The maximum absolute atomic E-state index is 10.1. The third-order valence-electron chi connectivity index (χ3n) is 7.35. The van der Waals surface area contributed by atoms with E-state index >= 15 is 0 Å². The Hall–Kier alpha value is -1.18. The fraction of sp³-hybridized carbons (Fsp3) is 0.786. The molecule has 0 amide bonds. The Kier molecular flexibility index (Phi) is 9.57. The minimum atomic E-state index is -0.0637. The topological polar surface area (TPSA) is 29.5 Å². The summed E-state index contributed by atoms with van der Waals surface area (Å²) in [5.41, 5.74) is 3.20. The van der Waals surface area contributed by atoms with Crippen molar-refractivity contribution in [2.75, 3.05) is 0 Å². The number of ether oxygens (including phenoxy) is 1. The first-order valence-corrected chi connectivity index (χ1v) is 12.6. The van der Waals surface area contributed by atoms with Crippen LogP contribution in [0.3, 0.4) is 0 Å². The number of fused-ring (bicyclic) bond motifs is 1. The molecule has 1 N–H and O–H groups in total. The van der Waals surface area contributed by atoms with Crippen LogP contribution in [0.1, 0.15) is 116 Å². The molecule has 0 fully saturated rings. The Morgan fingerprint density at radius 2 is 1.50 bits per heavy atom. The summed E-state index contributed by atoms with van der Waals surface area (Å²) in [6, 6.07) is 1.85. The summed E-state index contributed by atoms with van der Waals surface area (Å²) in [4.78, 5) is 0. The van der Waals surface area contributed by atoms with Gasteiger partial charge in [-0.15, -0.1) is 0 Å². The quantitative estimate of drug-likeness (QED) is 0.370. The molecule has 172 valence electrons. The Morgan fingerprint density at radius 3 is 2.10 bits per heavy atom. The van der Waals surface area contributed by atoms with Crippen molar-refractivity contribution in [3.63, 3.8) is 0 Å². The summed E-state index contributed by atoms with van der Waals surface area (Å²) in [6.45, 7) is 15.9. The molecule has 0 aliphatic carbocycles. The van der Waals surface area contributed by atoms with Crippen molar-refractivity contribution in [1.82, 2.24) is 0 Å². The number of phenols is 1. The lowest BCUT2D eigenvalue weighted by atomic mass is 9.84. The molecular formula is C28H48O2. The number of hydrogen-bond acceptors (Lipinski definition) is 2. The zero-order valence-corrected chi connectivity index (χ0v) is 20.9. The number of phenolic OH excluding ortho intramolecular Hbond substituents is 1. The third kappa shape index (κ3) is 7.50. The van der Waals surface area contributed by atoms with E-state index in [0.717, 1.165) is 53.9 Å². The highest BCUT2D eigenvalue weighted by Crippen LogP contribution is 2.42. The van der Waals surface area contributed by atoms with Gasteiger partial charge >= 0.3 is 0 Å². The third-order valence-corrected chi connectivity index (χ3v) is 7.35. The average molecular weight is 417 g/mol. The zero-order chi connectivity index (χ0) is 22.3. The van der Waals surface area contributed by atoms with Gasteiger partial charge in [0.2, 0.25) is 0 Å². The number of rotatable bonds is 12. The second-order valence-electron chi connectivity index (χ2n) is 11.1. The minimum absolute atomic E-state index is 0.0637. The van der Waals surface area contributed by atoms with E-state index in [-0.39, 0.29) is 5.60 Å². The Bertz CT molecular complexity index is 663. The first kappa shape index (κ1) is 25.1. The molecule has 0 saturated carbocycles. The van der Waals surface area contributed by atoms with E-state index in [0.29, 0.717) is 5.75 Å². The summed E-state index contributed by atoms with van der Waals surface area (Å²) in [7, 11) is 0.